The van der Waals surface area contributed by atoms with Crippen molar-refractivity contribution in [3.63, 3.8) is 0 Å². The first-order valence-corrected chi connectivity index (χ1v) is 9.16. The normalized spacial score (nSPS) is 10.8. The summed E-state index contributed by atoms with van der Waals surface area (Å²) in [4.78, 5) is 26.0. The van der Waals surface area contributed by atoms with E-state index in [1.807, 2.05) is 0 Å². The molecular weight excluding hydrogens is 392 g/mol. The van der Waals surface area contributed by atoms with E-state index in [2.05, 4.69) is 15.7 Å². The molecule has 3 rings (SSSR count). The number of halogens is 2. The fraction of sp³-hybridized carbons (Fsp3) is 0.190. The zero-order valence-corrected chi connectivity index (χ0v) is 16.5. The predicted octanol–water partition coefficient (Wildman–Crippen LogP) is 2.97. The van der Waals surface area contributed by atoms with Crippen LogP contribution in [0.1, 0.15) is 5.69 Å². The van der Waals surface area contributed by atoms with E-state index in [0.29, 0.717) is 22.9 Å². The number of benzene rings is 2. The zero-order chi connectivity index (χ0) is 21.7. The van der Waals surface area contributed by atoms with Gasteiger partial charge < -0.3 is 10.6 Å². The Hall–Kier alpha value is -3.59. The van der Waals surface area contributed by atoms with Crippen molar-refractivity contribution < 1.29 is 18.4 Å². The third-order valence-electron chi connectivity index (χ3n) is 4.11. The van der Waals surface area contributed by atoms with Gasteiger partial charge in [-0.2, -0.15) is 5.10 Å². The molecule has 0 spiro atoms. The Kier molecular flexibility index (Phi) is 6.53. The molecule has 1 heterocycles. The maximum absolute atomic E-state index is 13.2. The van der Waals surface area contributed by atoms with Gasteiger partial charge in [0, 0.05) is 11.8 Å². The van der Waals surface area contributed by atoms with Crippen LogP contribution in [0, 0.1) is 18.6 Å². The second kappa shape index (κ2) is 9.27. The van der Waals surface area contributed by atoms with Gasteiger partial charge in [-0.1, -0.05) is 6.07 Å². The summed E-state index contributed by atoms with van der Waals surface area (Å²) >= 11 is 0. The van der Waals surface area contributed by atoms with Crippen molar-refractivity contribution in [2.45, 2.75) is 6.92 Å². The van der Waals surface area contributed by atoms with Crippen LogP contribution in [0.15, 0.2) is 54.6 Å². The van der Waals surface area contributed by atoms with Crippen LogP contribution in [0.5, 0.6) is 0 Å². The van der Waals surface area contributed by atoms with Crippen LogP contribution in [0.2, 0.25) is 0 Å². The molecule has 0 saturated heterocycles. The molecule has 3 aromatic rings. The van der Waals surface area contributed by atoms with Gasteiger partial charge in [-0.15, -0.1) is 0 Å². The summed E-state index contributed by atoms with van der Waals surface area (Å²) in [6, 6.07) is 13.0. The van der Waals surface area contributed by atoms with Gasteiger partial charge in [0.05, 0.1) is 24.5 Å². The number of carbonyl (C=O) groups is 2. The molecule has 156 valence electrons. The lowest BCUT2D eigenvalue weighted by atomic mass is 10.3. The number of hydrogen-bond acceptors (Lipinski definition) is 4. The summed E-state index contributed by atoms with van der Waals surface area (Å²) in [7, 11) is 1.62. The van der Waals surface area contributed by atoms with Gasteiger partial charge >= 0.3 is 0 Å². The molecule has 0 saturated carbocycles. The Morgan fingerprint density at radius 3 is 2.30 bits per heavy atom. The van der Waals surface area contributed by atoms with Crippen LogP contribution in [0.3, 0.4) is 0 Å². The van der Waals surface area contributed by atoms with Crippen LogP contribution >= 0.6 is 0 Å². The number of anilines is 2. The molecule has 0 atom stereocenters. The van der Waals surface area contributed by atoms with Crippen molar-refractivity contribution in [2.24, 2.45) is 0 Å². The SMILES string of the molecule is Cc1cc(NC(=O)CN(C)CC(=O)Nc2cccc(F)c2)n(-c2ccc(F)cc2)n1. The third kappa shape index (κ3) is 5.71. The summed E-state index contributed by atoms with van der Waals surface area (Å²) in [6.07, 6.45) is 0. The number of nitrogens with one attached hydrogen (secondary N) is 2. The topological polar surface area (TPSA) is 79.3 Å². The molecule has 0 aliphatic heterocycles. The summed E-state index contributed by atoms with van der Waals surface area (Å²) in [5.41, 5.74) is 1.62. The van der Waals surface area contributed by atoms with Gasteiger partial charge in [0.1, 0.15) is 17.5 Å². The lowest BCUT2D eigenvalue weighted by Gasteiger charge is -2.16. The highest BCUT2D eigenvalue weighted by atomic mass is 19.1. The Bertz CT molecular complexity index is 1050. The standard InChI is InChI=1S/C21H21F2N5O2/c1-14-10-19(28(26-14)18-8-6-15(22)7-9-18)25-21(30)13-27(2)12-20(29)24-17-5-3-4-16(23)11-17/h3-11H,12-13H2,1-2H3,(H,24,29)(H,25,30). The third-order valence-corrected chi connectivity index (χ3v) is 4.11. The number of rotatable bonds is 7. The first kappa shape index (κ1) is 21.1. The fourth-order valence-corrected chi connectivity index (χ4v) is 2.86. The summed E-state index contributed by atoms with van der Waals surface area (Å²) < 4.78 is 27.9. The molecule has 2 N–H and O–H groups in total. The van der Waals surface area contributed by atoms with Gasteiger partial charge in [-0.05, 0) is 56.4 Å². The van der Waals surface area contributed by atoms with Crippen LogP contribution in [-0.4, -0.2) is 46.6 Å². The largest absolute Gasteiger partial charge is 0.325 e. The van der Waals surface area contributed by atoms with E-state index in [1.54, 1.807) is 38.2 Å². The molecule has 0 bridgehead atoms. The highest BCUT2D eigenvalue weighted by molar-refractivity contribution is 5.94. The van der Waals surface area contributed by atoms with Gasteiger partial charge in [-0.25, -0.2) is 13.5 Å². The van der Waals surface area contributed by atoms with E-state index in [1.165, 1.54) is 39.9 Å². The van der Waals surface area contributed by atoms with E-state index in [4.69, 9.17) is 0 Å². The fourth-order valence-electron chi connectivity index (χ4n) is 2.86. The molecule has 2 aromatic carbocycles. The summed E-state index contributed by atoms with van der Waals surface area (Å²) in [6.45, 7) is 1.67. The van der Waals surface area contributed by atoms with Gasteiger partial charge in [0.2, 0.25) is 11.8 Å². The molecule has 0 radical (unpaired) electrons. The lowest BCUT2D eigenvalue weighted by molar-refractivity contribution is -0.119. The molecule has 7 nitrogen and oxygen atoms in total. The molecule has 0 unspecified atom stereocenters. The van der Waals surface area contributed by atoms with Gasteiger partial charge in [0.15, 0.2) is 0 Å². The highest BCUT2D eigenvalue weighted by Gasteiger charge is 2.15. The van der Waals surface area contributed by atoms with E-state index >= 15 is 0 Å². The monoisotopic (exact) mass is 413 g/mol. The molecule has 2 amide bonds. The summed E-state index contributed by atoms with van der Waals surface area (Å²) in [5, 5.41) is 9.64. The Labute approximate surface area is 172 Å². The average molecular weight is 413 g/mol. The maximum atomic E-state index is 13.2. The van der Waals surface area contributed by atoms with E-state index in [0.717, 1.165) is 0 Å². The summed E-state index contributed by atoms with van der Waals surface area (Å²) in [5.74, 6) is -1.11. The van der Waals surface area contributed by atoms with Crippen molar-refractivity contribution in [3.05, 3.63) is 71.9 Å². The smallest absolute Gasteiger partial charge is 0.239 e. The van der Waals surface area contributed by atoms with Crippen molar-refractivity contribution >= 4 is 23.3 Å². The minimum absolute atomic E-state index is 0.0514. The molecule has 0 aliphatic carbocycles. The molecule has 30 heavy (non-hydrogen) atoms. The lowest BCUT2D eigenvalue weighted by Crippen LogP contribution is -2.36. The number of hydrogen-bond donors (Lipinski definition) is 2. The number of nitrogens with zero attached hydrogens (tertiary/aromatic N) is 3. The number of likely N-dealkylation sites (N-methyl/N-ethyl adjacent to an activating group) is 1. The predicted molar refractivity (Wildman–Crippen MR) is 109 cm³/mol. The molecule has 0 aliphatic rings. The van der Waals surface area contributed by atoms with Crippen molar-refractivity contribution in [3.8, 4) is 5.69 Å². The van der Waals surface area contributed by atoms with Crippen molar-refractivity contribution in [1.29, 1.82) is 0 Å². The minimum Gasteiger partial charge on any atom is -0.325 e. The van der Waals surface area contributed by atoms with Gasteiger partial charge in [-0.3, -0.25) is 14.5 Å². The maximum Gasteiger partial charge on any atom is 0.239 e. The van der Waals surface area contributed by atoms with Crippen molar-refractivity contribution in [2.75, 3.05) is 30.8 Å². The Morgan fingerprint density at radius 2 is 1.63 bits per heavy atom. The number of aromatic nitrogens is 2. The highest BCUT2D eigenvalue weighted by Crippen LogP contribution is 2.17. The molecular formula is C21H21F2N5O2. The second-order valence-corrected chi connectivity index (χ2v) is 6.84. The van der Waals surface area contributed by atoms with E-state index in [-0.39, 0.29) is 30.7 Å². The van der Waals surface area contributed by atoms with Crippen LogP contribution in [-0.2, 0) is 9.59 Å². The van der Waals surface area contributed by atoms with Crippen LogP contribution in [0.25, 0.3) is 5.69 Å². The number of amides is 2. The molecule has 9 heteroatoms. The Balaban J connectivity index is 1.57. The minimum atomic E-state index is -0.450. The number of aryl methyl sites for hydroxylation is 1. The number of carbonyl (C=O) groups excluding carboxylic acids is 2. The van der Waals surface area contributed by atoms with Crippen molar-refractivity contribution in [1.82, 2.24) is 14.7 Å². The second-order valence-electron chi connectivity index (χ2n) is 6.84. The Morgan fingerprint density at radius 1 is 0.967 bits per heavy atom. The first-order chi connectivity index (χ1) is 14.3. The average Bonchev–Trinajstić information content (AvgIpc) is 3.01. The van der Waals surface area contributed by atoms with E-state index < -0.39 is 5.82 Å². The molecule has 0 fully saturated rings. The van der Waals surface area contributed by atoms with Crippen LogP contribution in [0.4, 0.5) is 20.3 Å². The first-order valence-electron chi connectivity index (χ1n) is 9.16. The van der Waals surface area contributed by atoms with E-state index in [9.17, 15) is 18.4 Å². The van der Waals surface area contributed by atoms with Crippen LogP contribution < -0.4 is 10.6 Å². The van der Waals surface area contributed by atoms with Gasteiger partial charge in [0.25, 0.3) is 0 Å². The zero-order valence-electron chi connectivity index (χ0n) is 16.5. The molecule has 1 aromatic heterocycles. The quantitative estimate of drug-likeness (QED) is 0.624.